The van der Waals surface area contributed by atoms with E-state index in [0.717, 1.165) is 43.8 Å². The van der Waals surface area contributed by atoms with Gasteiger partial charge in [-0.2, -0.15) is 0 Å². The van der Waals surface area contributed by atoms with Crippen molar-refractivity contribution in [3.05, 3.63) is 23.2 Å². The Hall–Kier alpha value is -1.50. The van der Waals surface area contributed by atoms with Gasteiger partial charge in [0.15, 0.2) is 0 Å². The molecule has 3 atom stereocenters. The number of amides is 1. The molecule has 0 bridgehead atoms. The second-order valence-electron chi connectivity index (χ2n) is 6.32. The van der Waals surface area contributed by atoms with E-state index in [4.69, 9.17) is 26.8 Å². The molecule has 24 heavy (non-hydrogen) atoms. The van der Waals surface area contributed by atoms with Crippen LogP contribution in [0.1, 0.15) is 19.3 Å². The van der Waals surface area contributed by atoms with E-state index in [0.29, 0.717) is 11.6 Å². The van der Waals surface area contributed by atoms with Crippen LogP contribution in [-0.4, -0.2) is 50.9 Å². The largest absolute Gasteiger partial charge is 0.495 e. The first-order valence-corrected chi connectivity index (χ1v) is 8.73. The minimum Gasteiger partial charge on any atom is -0.495 e. The van der Waals surface area contributed by atoms with Crippen molar-refractivity contribution in [2.75, 3.05) is 31.6 Å². The van der Waals surface area contributed by atoms with Crippen LogP contribution >= 0.6 is 11.6 Å². The van der Waals surface area contributed by atoms with Gasteiger partial charge in [0.2, 0.25) is 5.91 Å². The smallest absolute Gasteiger partial charge is 0.249 e. The van der Waals surface area contributed by atoms with Gasteiger partial charge in [0.05, 0.1) is 18.9 Å². The highest BCUT2D eigenvalue weighted by Crippen LogP contribution is 2.33. The fourth-order valence-electron chi connectivity index (χ4n) is 3.37. The van der Waals surface area contributed by atoms with Crippen molar-refractivity contribution in [2.24, 2.45) is 5.73 Å². The van der Waals surface area contributed by atoms with Gasteiger partial charge in [-0.05, 0) is 37.5 Å². The van der Waals surface area contributed by atoms with E-state index in [9.17, 15) is 4.79 Å². The summed E-state index contributed by atoms with van der Waals surface area (Å²) < 4.78 is 11.1. The molecule has 2 heterocycles. The summed E-state index contributed by atoms with van der Waals surface area (Å²) in [6.45, 7) is 2.05. The maximum absolute atomic E-state index is 12.3. The molecular formula is C17H24ClN3O3. The first kappa shape index (κ1) is 17.3. The Kier molecular flexibility index (Phi) is 5.48. The van der Waals surface area contributed by atoms with Gasteiger partial charge in [0.1, 0.15) is 11.9 Å². The van der Waals surface area contributed by atoms with Crippen LogP contribution in [0.4, 0.5) is 5.69 Å². The van der Waals surface area contributed by atoms with E-state index in [-0.39, 0.29) is 24.2 Å². The topological polar surface area (TPSA) is 76.8 Å². The molecule has 1 aromatic rings. The number of anilines is 1. The second-order valence-corrected chi connectivity index (χ2v) is 6.75. The van der Waals surface area contributed by atoms with E-state index < -0.39 is 0 Å². The van der Waals surface area contributed by atoms with Crippen molar-refractivity contribution in [3.63, 3.8) is 0 Å². The van der Waals surface area contributed by atoms with Gasteiger partial charge < -0.3 is 25.4 Å². The Morgan fingerprint density at radius 1 is 1.46 bits per heavy atom. The molecule has 1 amide bonds. The first-order valence-electron chi connectivity index (χ1n) is 8.35. The molecule has 2 saturated heterocycles. The molecular weight excluding hydrogens is 330 g/mol. The zero-order valence-electron chi connectivity index (χ0n) is 13.8. The monoisotopic (exact) mass is 353 g/mol. The number of methoxy groups -OCH3 is 1. The van der Waals surface area contributed by atoms with Crippen molar-refractivity contribution in [1.82, 2.24) is 5.32 Å². The van der Waals surface area contributed by atoms with Crippen molar-refractivity contribution in [2.45, 2.75) is 37.5 Å². The van der Waals surface area contributed by atoms with Gasteiger partial charge >= 0.3 is 0 Å². The summed E-state index contributed by atoms with van der Waals surface area (Å²) in [7, 11) is 1.65. The molecule has 1 unspecified atom stereocenters. The molecule has 2 fully saturated rings. The lowest BCUT2D eigenvalue weighted by molar-refractivity contribution is -0.132. The highest BCUT2D eigenvalue weighted by molar-refractivity contribution is 6.30. The number of benzene rings is 1. The molecule has 0 radical (unpaired) electrons. The van der Waals surface area contributed by atoms with Crippen LogP contribution in [0.3, 0.4) is 0 Å². The zero-order valence-corrected chi connectivity index (χ0v) is 14.6. The number of hydrogen-bond donors (Lipinski definition) is 2. The SMILES string of the molecule is COc1ccc(Cl)cc1N1CCC(NC(=O)[C@@H]2CC[C@H](CN)O2)C1. The zero-order chi connectivity index (χ0) is 17.1. The Morgan fingerprint density at radius 2 is 2.29 bits per heavy atom. The van der Waals surface area contributed by atoms with Crippen molar-refractivity contribution in [3.8, 4) is 5.75 Å². The van der Waals surface area contributed by atoms with Gasteiger partial charge in [-0.15, -0.1) is 0 Å². The summed E-state index contributed by atoms with van der Waals surface area (Å²) in [6, 6.07) is 5.67. The molecule has 3 rings (SSSR count). The molecule has 132 valence electrons. The van der Waals surface area contributed by atoms with Gasteiger partial charge in [-0.1, -0.05) is 11.6 Å². The summed E-state index contributed by atoms with van der Waals surface area (Å²) in [5.41, 5.74) is 6.56. The lowest BCUT2D eigenvalue weighted by Crippen LogP contribution is -2.43. The molecule has 2 aliphatic rings. The van der Waals surface area contributed by atoms with Crippen LogP contribution in [-0.2, 0) is 9.53 Å². The summed E-state index contributed by atoms with van der Waals surface area (Å²) in [4.78, 5) is 14.5. The van der Waals surface area contributed by atoms with Gasteiger partial charge in [-0.25, -0.2) is 0 Å². The maximum atomic E-state index is 12.3. The number of ether oxygens (including phenoxy) is 2. The Morgan fingerprint density at radius 3 is 3.00 bits per heavy atom. The molecule has 7 heteroatoms. The van der Waals surface area contributed by atoms with Crippen molar-refractivity contribution >= 4 is 23.2 Å². The molecule has 0 aliphatic carbocycles. The number of carbonyl (C=O) groups is 1. The second kappa shape index (κ2) is 7.59. The fraction of sp³-hybridized carbons (Fsp3) is 0.588. The molecule has 0 saturated carbocycles. The maximum Gasteiger partial charge on any atom is 0.249 e. The molecule has 0 spiro atoms. The molecule has 1 aromatic carbocycles. The summed E-state index contributed by atoms with van der Waals surface area (Å²) in [6.07, 6.45) is 2.12. The standard InChI is InChI=1S/C17H24ClN3O3/c1-23-15-4-2-11(18)8-14(15)21-7-6-12(10-21)20-17(22)16-5-3-13(9-19)24-16/h2,4,8,12-13,16H,3,5-7,9-10,19H2,1H3,(H,20,22)/t12?,13-,16+/m1/s1. The van der Waals surface area contributed by atoms with Crippen LogP contribution in [0.5, 0.6) is 5.75 Å². The highest BCUT2D eigenvalue weighted by atomic mass is 35.5. The van der Waals surface area contributed by atoms with E-state index >= 15 is 0 Å². The van der Waals surface area contributed by atoms with Gasteiger partial charge in [-0.3, -0.25) is 4.79 Å². The predicted octanol–water partition coefficient (Wildman–Crippen LogP) is 1.55. The first-order chi connectivity index (χ1) is 11.6. The molecule has 2 aliphatic heterocycles. The van der Waals surface area contributed by atoms with E-state index in [2.05, 4.69) is 10.2 Å². The summed E-state index contributed by atoms with van der Waals surface area (Å²) >= 11 is 6.11. The minimum atomic E-state index is -0.367. The summed E-state index contributed by atoms with van der Waals surface area (Å²) in [5, 5.41) is 3.77. The Bertz CT molecular complexity index is 598. The number of rotatable bonds is 5. The normalized spacial score (nSPS) is 26.6. The average Bonchev–Trinajstić information content (AvgIpc) is 3.24. The van der Waals surface area contributed by atoms with Crippen LogP contribution in [0, 0.1) is 0 Å². The van der Waals surface area contributed by atoms with Gasteiger partial charge in [0.25, 0.3) is 0 Å². The van der Waals surface area contributed by atoms with Gasteiger partial charge in [0, 0.05) is 30.7 Å². The minimum absolute atomic E-state index is 0.0107. The number of nitrogens with one attached hydrogen (secondary N) is 1. The number of hydrogen-bond acceptors (Lipinski definition) is 5. The molecule has 0 aromatic heterocycles. The average molecular weight is 354 g/mol. The third kappa shape index (κ3) is 3.77. The summed E-state index contributed by atoms with van der Waals surface area (Å²) in [5.74, 6) is 0.757. The Labute approximate surface area is 147 Å². The van der Waals surface area contributed by atoms with E-state index in [1.54, 1.807) is 7.11 Å². The lowest BCUT2D eigenvalue weighted by Gasteiger charge is -2.22. The molecule has 6 nitrogen and oxygen atoms in total. The number of nitrogens with two attached hydrogens (primary N) is 1. The predicted molar refractivity (Wildman–Crippen MR) is 93.7 cm³/mol. The quantitative estimate of drug-likeness (QED) is 0.840. The fourth-order valence-corrected chi connectivity index (χ4v) is 3.54. The van der Waals surface area contributed by atoms with Crippen LogP contribution in [0.15, 0.2) is 18.2 Å². The van der Waals surface area contributed by atoms with Crippen LogP contribution in [0.25, 0.3) is 0 Å². The lowest BCUT2D eigenvalue weighted by atomic mass is 10.1. The number of carbonyl (C=O) groups excluding carboxylic acids is 1. The number of nitrogens with zero attached hydrogens (tertiary/aromatic N) is 1. The number of halogens is 1. The van der Waals surface area contributed by atoms with E-state index in [1.807, 2.05) is 18.2 Å². The molecule has 3 N–H and O–H groups in total. The Balaban J connectivity index is 1.58. The highest BCUT2D eigenvalue weighted by Gasteiger charge is 2.33. The third-order valence-electron chi connectivity index (χ3n) is 4.68. The van der Waals surface area contributed by atoms with E-state index in [1.165, 1.54) is 0 Å². The van der Waals surface area contributed by atoms with Crippen molar-refractivity contribution < 1.29 is 14.3 Å². The third-order valence-corrected chi connectivity index (χ3v) is 4.91. The van der Waals surface area contributed by atoms with Crippen LogP contribution < -0.4 is 20.7 Å². The van der Waals surface area contributed by atoms with Crippen LogP contribution in [0.2, 0.25) is 5.02 Å². The van der Waals surface area contributed by atoms with Crippen molar-refractivity contribution in [1.29, 1.82) is 0 Å².